The summed E-state index contributed by atoms with van der Waals surface area (Å²) in [6, 6.07) is -0.294. The van der Waals surface area contributed by atoms with Gasteiger partial charge in [-0.05, 0) is 6.42 Å². The maximum Gasteiger partial charge on any atom is 0.287 e. The van der Waals surface area contributed by atoms with Crippen molar-refractivity contribution in [1.82, 2.24) is 5.32 Å². The number of carbonyl (C=O) groups is 1. The molecule has 0 spiro atoms. The highest BCUT2D eigenvalue weighted by Gasteiger charge is 2.28. The molecule has 0 aliphatic heterocycles. The van der Waals surface area contributed by atoms with E-state index in [4.69, 9.17) is 10.8 Å². The van der Waals surface area contributed by atoms with Crippen LogP contribution in [-0.2, 0) is 4.79 Å². The summed E-state index contributed by atoms with van der Waals surface area (Å²) in [5.41, 5.74) is 5.56. The lowest BCUT2D eigenvalue weighted by Crippen LogP contribution is -2.40. The predicted molar refractivity (Wildman–Crippen MR) is 52.5 cm³/mol. The third kappa shape index (κ3) is 7.21. The fraction of sp³-hybridized carbons (Fsp3) is 0.889. The van der Waals surface area contributed by atoms with E-state index in [0.29, 0.717) is 6.42 Å². The summed E-state index contributed by atoms with van der Waals surface area (Å²) in [6.45, 7) is -0.187. The Bertz CT molecular complexity index is 201. The molecule has 1 amide bonds. The number of nitrogens with two attached hydrogens (primary N) is 1. The number of nitrogens with one attached hydrogen (secondary N) is 1. The largest absolute Gasteiger partial charge is 0.390 e. The van der Waals surface area contributed by atoms with Crippen LogP contribution >= 0.6 is 0 Å². The van der Waals surface area contributed by atoms with E-state index in [0.717, 1.165) is 6.42 Å². The van der Waals surface area contributed by atoms with Gasteiger partial charge >= 0.3 is 0 Å². The summed E-state index contributed by atoms with van der Waals surface area (Å²) in [4.78, 5) is 11.1. The van der Waals surface area contributed by atoms with Crippen LogP contribution in [0.3, 0.4) is 0 Å². The van der Waals surface area contributed by atoms with Gasteiger partial charge in [0.05, 0.1) is 6.54 Å². The third-order valence-corrected chi connectivity index (χ3v) is 1.88. The van der Waals surface area contributed by atoms with Gasteiger partial charge in [0.1, 0.15) is 6.61 Å². The van der Waals surface area contributed by atoms with Crippen molar-refractivity contribution in [3.05, 3.63) is 0 Å². The topological polar surface area (TPSA) is 75.4 Å². The minimum Gasteiger partial charge on any atom is -0.390 e. The number of hydrogen-bond acceptors (Lipinski definition) is 3. The molecule has 0 aromatic carbocycles. The Kier molecular flexibility index (Phi) is 6.35. The first kappa shape index (κ1) is 14.2. The second-order valence-corrected chi connectivity index (χ2v) is 3.54. The fourth-order valence-electron chi connectivity index (χ4n) is 1.07. The number of carbonyl (C=O) groups excluding carboxylic acids is 1. The Hall–Kier alpha value is -0.750. The Morgan fingerprint density at radius 3 is 2.67 bits per heavy atom. The molecule has 0 fully saturated rings. The van der Waals surface area contributed by atoms with E-state index in [1.54, 1.807) is 0 Å². The molecule has 90 valence electrons. The summed E-state index contributed by atoms with van der Waals surface area (Å²) in [5.74, 6) is -3.77. The van der Waals surface area contributed by atoms with Gasteiger partial charge in [0.2, 0.25) is 5.91 Å². The third-order valence-electron chi connectivity index (χ3n) is 1.88. The number of aliphatic hydroxyl groups excluding tert-OH is 1. The molecule has 0 saturated heterocycles. The van der Waals surface area contributed by atoms with E-state index < -0.39 is 25.0 Å². The van der Waals surface area contributed by atoms with Crippen LogP contribution in [0.4, 0.5) is 8.78 Å². The van der Waals surface area contributed by atoms with E-state index in [-0.39, 0.29) is 12.5 Å². The first-order valence-corrected chi connectivity index (χ1v) is 4.92. The molecule has 0 heterocycles. The SMILES string of the molecule is CCCC(N)CC(=O)NCC(F)(F)CO. The minimum absolute atomic E-state index is 0.0371. The minimum atomic E-state index is -3.26. The zero-order chi connectivity index (χ0) is 11.9. The van der Waals surface area contributed by atoms with Crippen molar-refractivity contribution < 1.29 is 18.7 Å². The lowest BCUT2D eigenvalue weighted by molar-refractivity contribution is -0.124. The second-order valence-electron chi connectivity index (χ2n) is 3.54. The maximum atomic E-state index is 12.5. The number of alkyl halides is 2. The standard InChI is InChI=1S/C9H18F2N2O2/c1-2-3-7(12)4-8(15)13-5-9(10,11)6-14/h7,14H,2-6,12H2,1H3,(H,13,15). The van der Waals surface area contributed by atoms with Gasteiger partial charge < -0.3 is 16.2 Å². The lowest BCUT2D eigenvalue weighted by Gasteiger charge is -2.15. The van der Waals surface area contributed by atoms with E-state index >= 15 is 0 Å². The Morgan fingerprint density at radius 2 is 2.20 bits per heavy atom. The van der Waals surface area contributed by atoms with Crippen molar-refractivity contribution in [2.24, 2.45) is 5.73 Å². The van der Waals surface area contributed by atoms with E-state index in [1.807, 2.05) is 12.2 Å². The monoisotopic (exact) mass is 224 g/mol. The number of amides is 1. The summed E-state index contributed by atoms with van der Waals surface area (Å²) >= 11 is 0. The predicted octanol–water partition coefficient (Wildman–Crippen LogP) is 0.248. The van der Waals surface area contributed by atoms with Crippen molar-refractivity contribution in [2.75, 3.05) is 13.2 Å². The van der Waals surface area contributed by atoms with E-state index in [9.17, 15) is 13.6 Å². The molecule has 0 radical (unpaired) electrons. The van der Waals surface area contributed by atoms with Crippen LogP contribution in [0, 0.1) is 0 Å². The molecule has 0 aromatic rings. The number of halogens is 2. The summed E-state index contributed by atoms with van der Waals surface area (Å²) < 4.78 is 25.0. The maximum absolute atomic E-state index is 12.5. The van der Waals surface area contributed by atoms with Gasteiger partial charge in [0.25, 0.3) is 5.92 Å². The van der Waals surface area contributed by atoms with Crippen LogP contribution < -0.4 is 11.1 Å². The molecule has 4 nitrogen and oxygen atoms in total. The van der Waals surface area contributed by atoms with Gasteiger partial charge in [-0.2, -0.15) is 0 Å². The first-order chi connectivity index (χ1) is 6.91. The number of rotatable bonds is 7. The normalized spacial score (nSPS) is 13.7. The zero-order valence-corrected chi connectivity index (χ0v) is 8.80. The van der Waals surface area contributed by atoms with Crippen molar-refractivity contribution in [3.8, 4) is 0 Å². The molecule has 0 rings (SSSR count). The quantitative estimate of drug-likeness (QED) is 0.580. The van der Waals surface area contributed by atoms with Gasteiger partial charge in [0, 0.05) is 12.5 Å². The molecule has 1 atom stereocenters. The first-order valence-electron chi connectivity index (χ1n) is 4.92. The molecule has 4 N–H and O–H groups in total. The van der Waals surface area contributed by atoms with E-state index in [1.165, 1.54) is 0 Å². The highest BCUT2D eigenvalue weighted by atomic mass is 19.3. The van der Waals surface area contributed by atoms with Crippen LogP contribution in [0.25, 0.3) is 0 Å². The molecular weight excluding hydrogens is 206 g/mol. The van der Waals surface area contributed by atoms with Crippen molar-refractivity contribution in [3.63, 3.8) is 0 Å². The van der Waals surface area contributed by atoms with Crippen molar-refractivity contribution in [2.45, 2.75) is 38.2 Å². The van der Waals surface area contributed by atoms with Crippen LogP contribution in [0.2, 0.25) is 0 Å². The molecule has 0 aliphatic rings. The molecular formula is C9H18F2N2O2. The lowest BCUT2D eigenvalue weighted by atomic mass is 10.1. The summed E-state index contributed by atoms with van der Waals surface area (Å²) in [5, 5.41) is 10.3. The van der Waals surface area contributed by atoms with E-state index in [2.05, 4.69) is 0 Å². The van der Waals surface area contributed by atoms with Crippen LogP contribution in [0.5, 0.6) is 0 Å². The van der Waals surface area contributed by atoms with Gasteiger partial charge in [0.15, 0.2) is 0 Å². The van der Waals surface area contributed by atoms with Gasteiger partial charge in [-0.3, -0.25) is 4.79 Å². The molecule has 0 saturated carbocycles. The average Bonchev–Trinajstić information content (AvgIpc) is 2.15. The summed E-state index contributed by atoms with van der Waals surface area (Å²) in [6.07, 6.45) is 1.57. The fourth-order valence-corrected chi connectivity index (χ4v) is 1.07. The number of hydrogen-bond donors (Lipinski definition) is 3. The Balaban J connectivity index is 3.75. The van der Waals surface area contributed by atoms with Gasteiger partial charge in [-0.15, -0.1) is 0 Å². The van der Waals surface area contributed by atoms with Crippen molar-refractivity contribution >= 4 is 5.91 Å². The molecule has 15 heavy (non-hydrogen) atoms. The smallest absolute Gasteiger partial charge is 0.287 e. The highest BCUT2D eigenvalue weighted by molar-refractivity contribution is 5.76. The Morgan fingerprint density at radius 1 is 1.60 bits per heavy atom. The van der Waals surface area contributed by atoms with Crippen LogP contribution in [0.15, 0.2) is 0 Å². The second kappa shape index (κ2) is 6.68. The van der Waals surface area contributed by atoms with Gasteiger partial charge in [-0.25, -0.2) is 8.78 Å². The highest BCUT2D eigenvalue weighted by Crippen LogP contribution is 2.09. The Labute approximate surface area is 87.8 Å². The zero-order valence-electron chi connectivity index (χ0n) is 8.80. The van der Waals surface area contributed by atoms with Crippen LogP contribution in [-0.4, -0.2) is 36.1 Å². The van der Waals surface area contributed by atoms with Crippen molar-refractivity contribution in [1.29, 1.82) is 0 Å². The molecule has 0 bridgehead atoms. The summed E-state index contributed by atoms with van der Waals surface area (Å²) in [7, 11) is 0. The molecule has 0 aliphatic carbocycles. The number of aliphatic hydroxyl groups is 1. The van der Waals surface area contributed by atoms with Crippen LogP contribution in [0.1, 0.15) is 26.2 Å². The van der Waals surface area contributed by atoms with Gasteiger partial charge in [-0.1, -0.05) is 13.3 Å². The molecule has 0 aromatic heterocycles. The average molecular weight is 224 g/mol. The molecule has 6 heteroatoms. The molecule has 1 unspecified atom stereocenters.